The lowest BCUT2D eigenvalue weighted by Crippen LogP contribution is -2.26. The number of H-pyrrole nitrogens is 1. The normalized spacial score (nSPS) is 19.1. The number of fused-ring (bicyclic) bond motifs is 1. The van der Waals surface area contributed by atoms with Crippen molar-refractivity contribution in [3.8, 4) is 0 Å². The van der Waals surface area contributed by atoms with E-state index in [0.717, 1.165) is 23.4 Å². The Kier molecular flexibility index (Phi) is 1.99. The molecule has 0 aromatic carbocycles. The number of hydrogen-bond acceptors (Lipinski definition) is 4. The summed E-state index contributed by atoms with van der Waals surface area (Å²) < 4.78 is 0. The van der Waals surface area contributed by atoms with E-state index in [0.29, 0.717) is 5.92 Å². The molecule has 0 bridgehead atoms. The summed E-state index contributed by atoms with van der Waals surface area (Å²) in [5.74, 6) is 0.649. The maximum absolute atomic E-state index is 4.59. The van der Waals surface area contributed by atoms with Gasteiger partial charge in [-0.05, 0) is 25.9 Å². The first-order valence-corrected chi connectivity index (χ1v) is 5.76. The van der Waals surface area contributed by atoms with Crippen LogP contribution in [0.1, 0.15) is 23.8 Å². The molecule has 0 spiro atoms. The second-order valence-electron chi connectivity index (χ2n) is 3.65. The van der Waals surface area contributed by atoms with E-state index in [2.05, 4.69) is 20.5 Å². The van der Waals surface area contributed by atoms with Gasteiger partial charge in [-0.15, -0.1) is 0 Å². The number of piperidine rings is 1. The molecule has 5 heteroatoms. The summed E-state index contributed by atoms with van der Waals surface area (Å²) in [6.07, 6.45) is 4.29. The summed E-state index contributed by atoms with van der Waals surface area (Å²) in [6, 6.07) is 0. The van der Waals surface area contributed by atoms with Crippen LogP contribution >= 0.6 is 11.3 Å². The van der Waals surface area contributed by atoms with Crippen LogP contribution in [0.25, 0.3) is 10.3 Å². The number of nitrogens with one attached hydrogen (secondary N) is 2. The molecule has 0 saturated carbocycles. The quantitative estimate of drug-likeness (QED) is 0.746. The second-order valence-corrected chi connectivity index (χ2v) is 4.66. The Bertz CT molecular complexity index is 398. The lowest BCUT2D eigenvalue weighted by Gasteiger charge is -2.20. The average molecular weight is 208 g/mol. The molecule has 0 unspecified atom stereocenters. The van der Waals surface area contributed by atoms with Crippen molar-refractivity contribution in [2.75, 3.05) is 13.1 Å². The molecule has 1 aliphatic heterocycles. The highest BCUT2D eigenvalue weighted by atomic mass is 32.1. The van der Waals surface area contributed by atoms with Gasteiger partial charge in [0.2, 0.25) is 0 Å². The number of aromatic amines is 1. The molecule has 0 radical (unpaired) electrons. The summed E-state index contributed by atoms with van der Waals surface area (Å²) in [5.41, 5.74) is 1.02. The van der Waals surface area contributed by atoms with Crippen LogP contribution in [-0.2, 0) is 0 Å². The zero-order valence-corrected chi connectivity index (χ0v) is 8.60. The molecule has 2 N–H and O–H groups in total. The van der Waals surface area contributed by atoms with Crippen LogP contribution in [0.5, 0.6) is 0 Å². The molecule has 74 valence electrons. The van der Waals surface area contributed by atoms with Gasteiger partial charge in [0.15, 0.2) is 4.83 Å². The molecule has 2 aromatic heterocycles. The third-order valence-corrected chi connectivity index (χ3v) is 3.83. The Balaban J connectivity index is 1.92. The molecule has 3 rings (SSSR count). The highest BCUT2D eigenvalue weighted by Crippen LogP contribution is 2.30. The third kappa shape index (κ3) is 1.33. The van der Waals surface area contributed by atoms with Crippen molar-refractivity contribution in [3.05, 3.63) is 11.2 Å². The molecule has 4 nitrogen and oxygen atoms in total. The predicted octanol–water partition coefficient (Wildman–Crippen LogP) is 1.49. The zero-order valence-electron chi connectivity index (χ0n) is 7.79. The topological polar surface area (TPSA) is 53.6 Å². The van der Waals surface area contributed by atoms with Gasteiger partial charge < -0.3 is 5.32 Å². The molecule has 1 fully saturated rings. The van der Waals surface area contributed by atoms with Gasteiger partial charge >= 0.3 is 0 Å². The summed E-state index contributed by atoms with van der Waals surface area (Å²) in [5, 5.41) is 11.6. The van der Waals surface area contributed by atoms with E-state index in [-0.39, 0.29) is 0 Å². The number of aromatic nitrogens is 3. The number of rotatable bonds is 1. The Morgan fingerprint density at radius 1 is 1.36 bits per heavy atom. The standard InChI is InChI=1S/C9H12N4S/c1-3-10-4-2-6(1)8-12-7-5-11-13-9(7)14-8/h5-6,10H,1-4H2,(H,11,13). The Hall–Kier alpha value is -0.940. The fraction of sp³-hybridized carbons (Fsp3) is 0.556. The highest BCUT2D eigenvalue weighted by Gasteiger charge is 2.19. The van der Waals surface area contributed by atoms with Gasteiger partial charge in [-0.25, -0.2) is 4.98 Å². The van der Waals surface area contributed by atoms with E-state index in [1.807, 2.05) is 6.20 Å². The molecular formula is C9H12N4S. The van der Waals surface area contributed by atoms with Gasteiger partial charge in [-0.1, -0.05) is 11.3 Å². The van der Waals surface area contributed by atoms with Crippen molar-refractivity contribution >= 4 is 21.7 Å². The van der Waals surface area contributed by atoms with Gasteiger partial charge in [0.1, 0.15) is 5.52 Å². The zero-order chi connectivity index (χ0) is 9.38. The van der Waals surface area contributed by atoms with E-state index in [1.54, 1.807) is 11.3 Å². The van der Waals surface area contributed by atoms with E-state index in [9.17, 15) is 0 Å². The molecule has 14 heavy (non-hydrogen) atoms. The Morgan fingerprint density at radius 3 is 3.00 bits per heavy atom. The van der Waals surface area contributed by atoms with Gasteiger partial charge in [0.25, 0.3) is 0 Å². The molecule has 0 atom stereocenters. The lowest BCUT2D eigenvalue weighted by atomic mass is 9.99. The minimum absolute atomic E-state index is 0.649. The maximum atomic E-state index is 4.59. The van der Waals surface area contributed by atoms with Crippen LogP contribution in [0, 0.1) is 0 Å². The largest absolute Gasteiger partial charge is 0.317 e. The number of nitrogens with zero attached hydrogens (tertiary/aromatic N) is 2. The molecule has 1 aliphatic rings. The first-order chi connectivity index (χ1) is 6.93. The van der Waals surface area contributed by atoms with Crippen LogP contribution in [0.2, 0.25) is 0 Å². The third-order valence-electron chi connectivity index (χ3n) is 2.71. The monoisotopic (exact) mass is 208 g/mol. The van der Waals surface area contributed by atoms with Crippen LogP contribution < -0.4 is 5.32 Å². The van der Waals surface area contributed by atoms with E-state index in [4.69, 9.17) is 0 Å². The minimum atomic E-state index is 0.649. The van der Waals surface area contributed by atoms with Crippen molar-refractivity contribution in [1.29, 1.82) is 0 Å². The first-order valence-electron chi connectivity index (χ1n) is 4.94. The maximum Gasteiger partial charge on any atom is 0.165 e. The summed E-state index contributed by atoms with van der Waals surface area (Å²) in [4.78, 5) is 5.63. The molecule has 0 amide bonds. The molecule has 0 aliphatic carbocycles. The lowest BCUT2D eigenvalue weighted by molar-refractivity contribution is 0.459. The van der Waals surface area contributed by atoms with Crippen LogP contribution in [-0.4, -0.2) is 28.3 Å². The van der Waals surface area contributed by atoms with Crippen molar-refractivity contribution in [2.24, 2.45) is 0 Å². The predicted molar refractivity (Wildman–Crippen MR) is 56.6 cm³/mol. The number of hydrogen-bond donors (Lipinski definition) is 2. The van der Waals surface area contributed by atoms with Gasteiger partial charge in [0.05, 0.1) is 5.01 Å². The van der Waals surface area contributed by atoms with E-state index >= 15 is 0 Å². The van der Waals surface area contributed by atoms with Gasteiger partial charge in [-0.3, -0.25) is 5.10 Å². The van der Waals surface area contributed by atoms with Crippen molar-refractivity contribution in [2.45, 2.75) is 18.8 Å². The first kappa shape index (κ1) is 8.38. The van der Waals surface area contributed by atoms with Crippen LogP contribution in [0.4, 0.5) is 0 Å². The fourth-order valence-electron chi connectivity index (χ4n) is 1.91. The summed E-state index contributed by atoms with van der Waals surface area (Å²) in [7, 11) is 0. The highest BCUT2D eigenvalue weighted by molar-refractivity contribution is 7.18. The average Bonchev–Trinajstić information content (AvgIpc) is 2.78. The summed E-state index contributed by atoms with van der Waals surface area (Å²) in [6.45, 7) is 2.24. The molecule has 1 saturated heterocycles. The Morgan fingerprint density at radius 2 is 2.21 bits per heavy atom. The van der Waals surface area contributed by atoms with Crippen LogP contribution in [0.3, 0.4) is 0 Å². The van der Waals surface area contributed by atoms with Crippen molar-refractivity contribution in [3.63, 3.8) is 0 Å². The van der Waals surface area contributed by atoms with E-state index in [1.165, 1.54) is 17.8 Å². The Labute approximate surface area is 85.7 Å². The SMILES string of the molecule is c1[nH]nc2sc(C3CCNCC3)nc12. The minimum Gasteiger partial charge on any atom is -0.317 e. The van der Waals surface area contributed by atoms with Gasteiger partial charge in [-0.2, -0.15) is 5.10 Å². The number of thiazole rings is 1. The fourth-order valence-corrected chi connectivity index (χ4v) is 2.96. The van der Waals surface area contributed by atoms with Gasteiger partial charge in [0, 0.05) is 12.1 Å². The second kappa shape index (κ2) is 3.33. The smallest absolute Gasteiger partial charge is 0.165 e. The van der Waals surface area contributed by atoms with Crippen LogP contribution in [0.15, 0.2) is 6.20 Å². The van der Waals surface area contributed by atoms with E-state index < -0.39 is 0 Å². The molecule has 3 heterocycles. The van der Waals surface area contributed by atoms with Crippen molar-refractivity contribution < 1.29 is 0 Å². The summed E-state index contributed by atoms with van der Waals surface area (Å²) >= 11 is 1.73. The molecule has 2 aromatic rings. The molecular weight excluding hydrogens is 196 g/mol. The van der Waals surface area contributed by atoms with Crippen molar-refractivity contribution in [1.82, 2.24) is 20.5 Å².